The molecule has 0 aliphatic heterocycles. The van der Waals surface area contributed by atoms with E-state index in [0.29, 0.717) is 11.6 Å². The monoisotopic (exact) mass is 427 g/mol. The number of hydrogen-bond donors (Lipinski definition) is 0. The number of halogens is 2. The number of benzene rings is 3. The predicted octanol–water partition coefficient (Wildman–Crippen LogP) is 6.19. The third kappa shape index (κ3) is 4.23. The fourth-order valence-corrected chi connectivity index (χ4v) is 4.31. The lowest BCUT2D eigenvalue weighted by atomic mass is 10.1. The number of aromatic nitrogens is 3. The van der Waals surface area contributed by atoms with Crippen LogP contribution >= 0.6 is 23.4 Å². The maximum absolute atomic E-state index is 13.2. The van der Waals surface area contributed by atoms with E-state index in [4.69, 9.17) is 16.3 Å². The number of nitrogens with zero attached hydrogens (tertiary/aromatic N) is 3. The minimum atomic E-state index is -0.402. The van der Waals surface area contributed by atoms with Gasteiger partial charge in [0.15, 0.2) is 17.1 Å². The quantitative estimate of drug-likeness (QED) is 0.344. The van der Waals surface area contributed by atoms with Gasteiger partial charge in [0.25, 0.3) is 0 Å². The largest absolute Gasteiger partial charge is 0.481 e. The molecule has 0 N–H and O–H groups in total. The molecule has 0 aliphatic carbocycles. The highest BCUT2D eigenvalue weighted by molar-refractivity contribution is 7.98. The van der Waals surface area contributed by atoms with Crippen LogP contribution in [0.2, 0.25) is 5.02 Å². The van der Waals surface area contributed by atoms with Crippen LogP contribution in [0.25, 0.3) is 10.8 Å². The van der Waals surface area contributed by atoms with Gasteiger partial charge in [0.05, 0.1) is 5.02 Å². The van der Waals surface area contributed by atoms with Gasteiger partial charge in [0, 0.05) is 12.8 Å². The molecule has 148 valence electrons. The van der Waals surface area contributed by atoms with Crippen LogP contribution in [0.4, 0.5) is 4.39 Å². The summed E-state index contributed by atoms with van der Waals surface area (Å²) in [7, 11) is 1.91. The Bertz CT molecular complexity index is 1160. The third-order valence-corrected chi connectivity index (χ3v) is 6.03. The Hall–Kier alpha value is -2.57. The molecule has 0 fully saturated rings. The van der Waals surface area contributed by atoms with E-state index < -0.39 is 5.82 Å². The van der Waals surface area contributed by atoms with Gasteiger partial charge in [-0.2, -0.15) is 0 Å². The van der Waals surface area contributed by atoms with Crippen LogP contribution in [0.15, 0.2) is 65.8 Å². The lowest BCUT2D eigenvalue weighted by Crippen LogP contribution is -2.10. The summed E-state index contributed by atoms with van der Waals surface area (Å²) in [6, 6.07) is 18.7. The summed E-state index contributed by atoms with van der Waals surface area (Å²) >= 11 is 7.68. The summed E-state index contributed by atoms with van der Waals surface area (Å²) in [5, 5.41) is 12.1. The first-order valence-corrected chi connectivity index (χ1v) is 10.5. The second-order valence-electron chi connectivity index (χ2n) is 6.66. The molecule has 0 saturated heterocycles. The summed E-state index contributed by atoms with van der Waals surface area (Å²) in [4.78, 5) is 0. The molecule has 1 heterocycles. The zero-order valence-corrected chi connectivity index (χ0v) is 17.5. The Labute approximate surface area is 177 Å². The fraction of sp³-hybridized carbons (Fsp3) is 0.182. The van der Waals surface area contributed by atoms with Crippen LogP contribution < -0.4 is 4.74 Å². The molecule has 1 aromatic heterocycles. The van der Waals surface area contributed by atoms with E-state index in [1.165, 1.54) is 34.5 Å². The molecule has 0 spiro atoms. The molecule has 0 radical (unpaired) electrons. The molecule has 4 rings (SSSR count). The van der Waals surface area contributed by atoms with Crippen LogP contribution in [-0.4, -0.2) is 14.8 Å². The normalized spacial score (nSPS) is 12.3. The molecule has 7 heteroatoms. The van der Waals surface area contributed by atoms with Crippen molar-refractivity contribution in [2.24, 2.45) is 7.05 Å². The van der Waals surface area contributed by atoms with Crippen molar-refractivity contribution >= 4 is 34.1 Å². The Morgan fingerprint density at radius 1 is 1.10 bits per heavy atom. The van der Waals surface area contributed by atoms with Crippen molar-refractivity contribution in [2.45, 2.75) is 23.9 Å². The summed E-state index contributed by atoms with van der Waals surface area (Å²) in [6.45, 7) is 1.86. The van der Waals surface area contributed by atoms with Crippen molar-refractivity contribution in [1.82, 2.24) is 14.8 Å². The van der Waals surface area contributed by atoms with Crippen molar-refractivity contribution in [3.05, 3.63) is 82.9 Å². The first-order chi connectivity index (χ1) is 14.0. The second-order valence-corrected chi connectivity index (χ2v) is 8.01. The molecule has 0 amide bonds. The summed E-state index contributed by atoms with van der Waals surface area (Å²) in [5.41, 5.74) is 1.25. The standard InChI is InChI=1S/C22H19ClFN3OS/c1-14(28-20-11-10-17(24)12-19(20)23)21-25-26-22(27(21)2)29-13-16-8-5-7-15-6-3-4-9-18(15)16/h3-12,14H,13H2,1-2H3. The highest BCUT2D eigenvalue weighted by Gasteiger charge is 2.18. The first-order valence-electron chi connectivity index (χ1n) is 9.13. The van der Waals surface area contributed by atoms with Crippen LogP contribution in [0.5, 0.6) is 5.75 Å². The van der Waals surface area contributed by atoms with Gasteiger partial charge in [-0.25, -0.2) is 4.39 Å². The molecule has 4 aromatic rings. The topological polar surface area (TPSA) is 39.9 Å². The Kier molecular flexibility index (Phi) is 5.74. The number of hydrogen-bond acceptors (Lipinski definition) is 4. The van der Waals surface area contributed by atoms with E-state index in [2.05, 4.69) is 46.6 Å². The van der Waals surface area contributed by atoms with Gasteiger partial charge in [-0.15, -0.1) is 10.2 Å². The zero-order valence-electron chi connectivity index (χ0n) is 16.0. The molecule has 3 aromatic carbocycles. The van der Waals surface area contributed by atoms with Gasteiger partial charge < -0.3 is 9.30 Å². The number of fused-ring (bicyclic) bond motifs is 1. The van der Waals surface area contributed by atoms with Crippen LogP contribution in [-0.2, 0) is 12.8 Å². The number of thioether (sulfide) groups is 1. The predicted molar refractivity (Wildman–Crippen MR) is 115 cm³/mol. The van der Waals surface area contributed by atoms with Crippen LogP contribution in [0, 0.1) is 5.82 Å². The maximum atomic E-state index is 13.2. The van der Waals surface area contributed by atoms with Crippen molar-refractivity contribution in [3.8, 4) is 5.75 Å². The van der Waals surface area contributed by atoms with E-state index in [1.54, 1.807) is 11.8 Å². The fourth-order valence-electron chi connectivity index (χ4n) is 3.18. The minimum absolute atomic E-state index is 0.226. The van der Waals surface area contributed by atoms with Crippen molar-refractivity contribution in [2.75, 3.05) is 0 Å². The molecule has 1 atom stereocenters. The van der Waals surface area contributed by atoms with Gasteiger partial charge in [-0.3, -0.25) is 0 Å². The van der Waals surface area contributed by atoms with Gasteiger partial charge in [-0.05, 0) is 41.5 Å². The van der Waals surface area contributed by atoms with E-state index in [-0.39, 0.29) is 11.1 Å². The van der Waals surface area contributed by atoms with Crippen LogP contribution in [0.1, 0.15) is 24.4 Å². The molecule has 4 nitrogen and oxygen atoms in total. The lowest BCUT2D eigenvalue weighted by molar-refractivity contribution is 0.211. The third-order valence-electron chi connectivity index (χ3n) is 4.67. The Morgan fingerprint density at radius 2 is 1.90 bits per heavy atom. The first kappa shape index (κ1) is 19.7. The summed E-state index contributed by atoms with van der Waals surface area (Å²) in [5.74, 6) is 1.46. The Morgan fingerprint density at radius 3 is 2.72 bits per heavy atom. The molecule has 29 heavy (non-hydrogen) atoms. The van der Waals surface area contributed by atoms with Gasteiger partial charge >= 0.3 is 0 Å². The van der Waals surface area contributed by atoms with Gasteiger partial charge in [-0.1, -0.05) is 65.8 Å². The molecular formula is C22H19ClFN3OS. The second kappa shape index (κ2) is 8.43. The smallest absolute Gasteiger partial charge is 0.191 e. The molecule has 1 unspecified atom stereocenters. The van der Waals surface area contributed by atoms with Gasteiger partial charge in [0.1, 0.15) is 11.6 Å². The summed E-state index contributed by atoms with van der Waals surface area (Å²) < 4.78 is 21.0. The minimum Gasteiger partial charge on any atom is -0.481 e. The van der Waals surface area contributed by atoms with Crippen LogP contribution in [0.3, 0.4) is 0 Å². The lowest BCUT2D eigenvalue weighted by Gasteiger charge is -2.15. The SMILES string of the molecule is CC(Oc1ccc(F)cc1Cl)c1nnc(SCc2cccc3ccccc23)n1C. The maximum Gasteiger partial charge on any atom is 0.191 e. The number of ether oxygens (including phenoxy) is 1. The number of rotatable bonds is 6. The van der Waals surface area contributed by atoms with E-state index >= 15 is 0 Å². The van der Waals surface area contributed by atoms with Gasteiger partial charge in [0.2, 0.25) is 0 Å². The highest BCUT2D eigenvalue weighted by atomic mass is 35.5. The molecule has 0 bridgehead atoms. The van der Waals surface area contributed by atoms with E-state index in [1.807, 2.05) is 24.6 Å². The van der Waals surface area contributed by atoms with Crippen molar-refractivity contribution < 1.29 is 9.13 Å². The molecular weight excluding hydrogens is 409 g/mol. The average molecular weight is 428 g/mol. The highest BCUT2D eigenvalue weighted by Crippen LogP contribution is 2.31. The average Bonchev–Trinajstić information content (AvgIpc) is 3.09. The van der Waals surface area contributed by atoms with E-state index in [9.17, 15) is 4.39 Å². The molecule has 0 aliphatic rings. The van der Waals surface area contributed by atoms with E-state index in [0.717, 1.165) is 10.9 Å². The zero-order chi connectivity index (χ0) is 20.4. The van der Waals surface area contributed by atoms with Crippen molar-refractivity contribution in [3.63, 3.8) is 0 Å². The Balaban J connectivity index is 1.49. The van der Waals surface area contributed by atoms with Crippen molar-refractivity contribution in [1.29, 1.82) is 0 Å². The molecule has 0 saturated carbocycles. The summed E-state index contributed by atoms with van der Waals surface area (Å²) in [6.07, 6.45) is -0.387.